The van der Waals surface area contributed by atoms with Gasteiger partial charge in [-0.3, -0.25) is 9.59 Å². The zero-order valence-electron chi connectivity index (χ0n) is 20.7. The molecule has 2 aliphatic heterocycles. The minimum Gasteiger partial charge on any atom is -0.493 e. The predicted octanol–water partition coefficient (Wildman–Crippen LogP) is 4.89. The van der Waals surface area contributed by atoms with Gasteiger partial charge in [-0.1, -0.05) is 36.4 Å². The van der Waals surface area contributed by atoms with Crippen molar-refractivity contribution in [1.82, 2.24) is 4.90 Å². The Hall–Kier alpha value is -3.80. The van der Waals surface area contributed by atoms with Crippen molar-refractivity contribution in [1.29, 1.82) is 0 Å². The highest BCUT2D eigenvalue weighted by Crippen LogP contribution is 2.41. The first-order valence-corrected chi connectivity index (χ1v) is 12.4. The van der Waals surface area contributed by atoms with E-state index in [9.17, 15) is 9.59 Å². The molecule has 0 N–H and O–H groups in total. The largest absolute Gasteiger partial charge is 0.493 e. The lowest BCUT2D eigenvalue weighted by molar-refractivity contribution is -0.121. The number of hydrogen-bond acceptors (Lipinski definition) is 5. The number of likely N-dealkylation sites (tertiary alicyclic amines) is 1. The molecule has 186 valence electrons. The van der Waals surface area contributed by atoms with Crippen LogP contribution in [0, 0.1) is 5.92 Å². The van der Waals surface area contributed by atoms with E-state index in [1.807, 2.05) is 29.2 Å². The van der Waals surface area contributed by atoms with E-state index in [4.69, 9.17) is 14.2 Å². The van der Waals surface area contributed by atoms with Crippen LogP contribution in [0.5, 0.6) is 17.2 Å². The first-order valence-electron chi connectivity index (χ1n) is 12.4. The second-order valence-corrected chi connectivity index (χ2v) is 9.46. The van der Waals surface area contributed by atoms with Gasteiger partial charge < -0.3 is 19.1 Å². The van der Waals surface area contributed by atoms with Gasteiger partial charge in [0.1, 0.15) is 12.4 Å². The maximum Gasteiger partial charge on any atom is 0.253 e. The SMILES string of the molecule is COc1ccc([C@@H](c2ccccc2)C2CCN(C(=O)c3ccc4c(c3)CC(=O)CO4)CC2)cc1OC. The van der Waals surface area contributed by atoms with Crippen molar-refractivity contribution < 1.29 is 23.8 Å². The van der Waals surface area contributed by atoms with Crippen LogP contribution >= 0.6 is 0 Å². The normalized spacial score (nSPS) is 16.6. The molecule has 0 unspecified atom stereocenters. The van der Waals surface area contributed by atoms with E-state index in [-0.39, 0.29) is 24.2 Å². The first-order chi connectivity index (χ1) is 17.6. The number of methoxy groups -OCH3 is 2. The lowest BCUT2D eigenvalue weighted by Crippen LogP contribution is -2.40. The van der Waals surface area contributed by atoms with E-state index < -0.39 is 0 Å². The number of piperidine rings is 1. The third kappa shape index (κ3) is 4.81. The fourth-order valence-electron chi connectivity index (χ4n) is 5.48. The number of nitrogens with zero attached hydrogens (tertiary/aromatic N) is 1. The molecule has 3 aromatic carbocycles. The molecule has 0 bridgehead atoms. The van der Waals surface area contributed by atoms with Crippen LogP contribution in [-0.4, -0.2) is 50.5 Å². The van der Waals surface area contributed by atoms with Crippen LogP contribution < -0.4 is 14.2 Å². The van der Waals surface area contributed by atoms with Crippen LogP contribution in [0.3, 0.4) is 0 Å². The molecule has 1 fully saturated rings. The van der Waals surface area contributed by atoms with Gasteiger partial charge in [0.15, 0.2) is 17.3 Å². The van der Waals surface area contributed by atoms with Crippen LogP contribution in [-0.2, 0) is 11.2 Å². The van der Waals surface area contributed by atoms with Crippen LogP contribution in [0.15, 0.2) is 66.7 Å². The molecule has 2 heterocycles. The first kappa shape index (κ1) is 23.9. The van der Waals surface area contributed by atoms with Gasteiger partial charge in [-0.15, -0.1) is 0 Å². The molecule has 36 heavy (non-hydrogen) atoms. The Labute approximate surface area is 211 Å². The molecular weight excluding hydrogens is 454 g/mol. The van der Waals surface area contributed by atoms with Gasteiger partial charge in [-0.25, -0.2) is 0 Å². The van der Waals surface area contributed by atoms with Crippen LogP contribution in [0.25, 0.3) is 0 Å². The van der Waals surface area contributed by atoms with Gasteiger partial charge >= 0.3 is 0 Å². The summed E-state index contributed by atoms with van der Waals surface area (Å²) in [4.78, 5) is 27.0. The van der Waals surface area contributed by atoms with Gasteiger partial charge in [0.2, 0.25) is 0 Å². The van der Waals surface area contributed by atoms with Crippen molar-refractivity contribution in [3.8, 4) is 17.2 Å². The number of rotatable bonds is 6. The highest BCUT2D eigenvalue weighted by molar-refractivity contribution is 5.95. The monoisotopic (exact) mass is 485 g/mol. The Bertz CT molecular complexity index is 1250. The average Bonchev–Trinajstić information content (AvgIpc) is 2.93. The molecule has 2 aliphatic rings. The molecule has 3 aromatic rings. The Morgan fingerprint density at radius 3 is 2.39 bits per heavy atom. The summed E-state index contributed by atoms with van der Waals surface area (Å²) in [5, 5.41) is 0. The summed E-state index contributed by atoms with van der Waals surface area (Å²) in [7, 11) is 3.30. The number of carbonyl (C=O) groups is 2. The maximum absolute atomic E-state index is 13.3. The van der Waals surface area contributed by atoms with E-state index in [2.05, 4.69) is 36.4 Å². The predicted molar refractivity (Wildman–Crippen MR) is 137 cm³/mol. The summed E-state index contributed by atoms with van der Waals surface area (Å²) >= 11 is 0. The van der Waals surface area contributed by atoms with E-state index >= 15 is 0 Å². The molecule has 0 spiro atoms. The average molecular weight is 486 g/mol. The minimum absolute atomic E-state index is 0.0108. The zero-order chi connectivity index (χ0) is 25.1. The molecule has 0 saturated carbocycles. The molecule has 6 heteroatoms. The fourth-order valence-corrected chi connectivity index (χ4v) is 5.48. The summed E-state index contributed by atoms with van der Waals surface area (Å²) in [5.41, 5.74) is 3.85. The summed E-state index contributed by atoms with van der Waals surface area (Å²) in [5.74, 6) is 2.75. The molecule has 0 aliphatic carbocycles. The van der Waals surface area contributed by atoms with Gasteiger partial charge in [0.05, 0.1) is 14.2 Å². The van der Waals surface area contributed by atoms with Gasteiger partial charge in [-0.2, -0.15) is 0 Å². The summed E-state index contributed by atoms with van der Waals surface area (Å²) in [6.45, 7) is 1.48. The van der Waals surface area contributed by atoms with E-state index in [0.717, 1.165) is 24.2 Å². The zero-order valence-corrected chi connectivity index (χ0v) is 20.7. The van der Waals surface area contributed by atoms with Crippen molar-refractivity contribution >= 4 is 11.7 Å². The quantitative estimate of drug-likeness (QED) is 0.497. The highest BCUT2D eigenvalue weighted by atomic mass is 16.5. The molecule has 0 aromatic heterocycles. The van der Waals surface area contributed by atoms with Gasteiger partial charge in [0, 0.05) is 36.6 Å². The van der Waals surface area contributed by atoms with Crippen LogP contribution in [0.4, 0.5) is 0 Å². The Kier molecular flexibility index (Phi) is 6.94. The van der Waals surface area contributed by atoms with E-state index in [1.54, 1.807) is 20.3 Å². The molecule has 0 radical (unpaired) electrons. The molecule has 1 amide bonds. The third-order valence-corrected chi connectivity index (χ3v) is 7.31. The molecule has 1 saturated heterocycles. The third-order valence-electron chi connectivity index (χ3n) is 7.31. The minimum atomic E-state index is 0.0108. The van der Waals surface area contributed by atoms with Crippen molar-refractivity contribution in [2.24, 2.45) is 5.92 Å². The fraction of sp³-hybridized carbons (Fsp3) is 0.333. The van der Waals surface area contributed by atoms with Crippen molar-refractivity contribution in [3.05, 3.63) is 89.0 Å². The molecular formula is C30H31NO5. The standard InChI is InChI=1S/C30H31NO5/c1-34-27-11-8-22(18-28(27)35-2)29(20-6-4-3-5-7-20)21-12-14-31(15-13-21)30(33)23-9-10-26-24(16-23)17-25(32)19-36-26/h3-11,16,18,21,29H,12-15,17,19H2,1-2H3/t29-/m0/s1. The molecule has 6 nitrogen and oxygen atoms in total. The second kappa shape index (κ2) is 10.4. The second-order valence-electron chi connectivity index (χ2n) is 9.46. The number of fused-ring (bicyclic) bond motifs is 1. The highest BCUT2D eigenvalue weighted by Gasteiger charge is 2.31. The van der Waals surface area contributed by atoms with Gasteiger partial charge in [-0.05, 0) is 60.2 Å². The number of benzene rings is 3. The van der Waals surface area contributed by atoms with Crippen molar-refractivity contribution in [3.63, 3.8) is 0 Å². The van der Waals surface area contributed by atoms with E-state index in [1.165, 1.54) is 11.1 Å². The topological polar surface area (TPSA) is 65.1 Å². The Balaban J connectivity index is 1.35. The smallest absolute Gasteiger partial charge is 0.253 e. The molecule has 1 atom stereocenters. The van der Waals surface area contributed by atoms with Gasteiger partial charge in [0.25, 0.3) is 5.91 Å². The summed E-state index contributed by atoms with van der Waals surface area (Å²) < 4.78 is 16.5. The van der Waals surface area contributed by atoms with Crippen LogP contribution in [0.2, 0.25) is 0 Å². The Morgan fingerprint density at radius 2 is 1.67 bits per heavy atom. The lowest BCUT2D eigenvalue weighted by atomic mass is 9.76. The Morgan fingerprint density at radius 1 is 0.917 bits per heavy atom. The maximum atomic E-state index is 13.3. The molecule has 5 rings (SSSR count). The number of amides is 1. The number of hydrogen-bond donors (Lipinski definition) is 0. The lowest BCUT2D eigenvalue weighted by Gasteiger charge is -2.37. The summed E-state index contributed by atoms with van der Waals surface area (Å²) in [6.07, 6.45) is 2.11. The number of carbonyl (C=O) groups excluding carboxylic acids is 2. The summed E-state index contributed by atoms with van der Waals surface area (Å²) in [6, 6.07) is 22.1. The van der Waals surface area contributed by atoms with E-state index in [0.29, 0.717) is 42.5 Å². The number of ketones is 1. The van der Waals surface area contributed by atoms with Crippen molar-refractivity contribution in [2.45, 2.75) is 25.2 Å². The van der Waals surface area contributed by atoms with Crippen molar-refractivity contribution in [2.75, 3.05) is 33.9 Å². The number of Topliss-reactive ketones (excluding diaryl/α,β-unsaturated/α-hetero) is 1. The van der Waals surface area contributed by atoms with Crippen LogP contribution in [0.1, 0.15) is 45.8 Å². The number of ether oxygens (including phenoxy) is 3.